The van der Waals surface area contributed by atoms with Crippen LogP contribution in [0.3, 0.4) is 0 Å². The number of aliphatic hydroxyl groups excluding tert-OH is 1. The van der Waals surface area contributed by atoms with Gasteiger partial charge in [-0.15, -0.1) is 11.3 Å². The fourth-order valence-electron chi connectivity index (χ4n) is 3.69. The molecule has 180 valence electrons. The van der Waals surface area contributed by atoms with E-state index in [1.54, 1.807) is 13.1 Å². The SMILES string of the molecule is Cc1cc(NCC(C)(C)C)ncc1-c1sc(C(=O)N[C@@H](C)CO)nc1C(=O)N1CCC[C@@H]1C. The van der Waals surface area contributed by atoms with Crippen LogP contribution in [-0.2, 0) is 0 Å². The van der Waals surface area contributed by atoms with Crippen molar-refractivity contribution in [3.63, 3.8) is 0 Å². The lowest BCUT2D eigenvalue weighted by Crippen LogP contribution is -2.35. The summed E-state index contributed by atoms with van der Waals surface area (Å²) in [6.45, 7) is 13.5. The van der Waals surface area contributed by atoms with Gasteiger partial charge in [-0.05, 0) is 50.7 Å². The lowest BCUT2D eigenvalue weighted by atomic mass is 9.97. The first-order valence-corrected chi connectivity index (χ1v) is 12.3. The Kier molecular flexibility index (Phi) is 7.74. The third-order valence-electron chi connectivity index (χ3n) is 5.64. The number of likely N-dealkylation sites (tertiary alicyclic amines) is 1. The number of anilines is 1. The molecule has 0 saturated carbocycles. The molecule has 1 aliphatic rings. The van der Waals surface area contributed by atoms with Crippen LogP contribution in [0.15, 0.2) is 12.3 Å². The van der Waals surface area contributed by atoms with Crippen LogP contribution in [0.2, 0.25) is 0 Å². The Morgan fingerprint density at radius 1 is 1.36 bits per heavy atom. The van der Waals surface area contributed by atoms with Crippen molar-refractivity contribution in [2.75, 3.05) is 25.0 Å². The highest BCUT2D eigenvalue weighted by Gasteiger charge is 2.32. The molecular weight excluding hydrogens is 438 g/mol. The van der Waals surface area contributed by atoms with Gasteiger partial charge in [0.2, 0.25) is 0 Å². The average Bonchev–Trinajstić information content (AvgIpc) is 3.38. The Morgan fingerprint density at radius 3 is 2.67 bits per heavy atom. The topological polar surface area (TPSA) is 107 Å². The maximum absolute atomic E-state index is 13.4. The number of pyridine rings is 1. The first-order chi connectivity index (χ1) is 15.5. The summed E-state index contributed by atoms with van der Waals surface area (Å²) in [5.74, 6) is 0.215. The summed E-state index contributed by atoms with van der Waals surface area (Å²) < 4.78 is 0. The summed E-state index contributed by atoms with van der Waals surface area (Å²) in [6, 6.07) is 1.70. The largest absolute Gasteiger partial charge is 0.394 e. The van der Waals surface area contributed by atoms with Gasteiger partial charge in [0, 0.05) is 36.9 Å². The Labute approximate surface area is 199 Å². The van der Waals surface area contributed by atoms with Crippen LogP contribution in [0.1, 0.15) is 73.3 Å². The third-order valence-corrected chi connectivity index (χ3v) is 6.73. The van der Waals surface area contributed by atoms with E-state index in [4.69, 9.17) is 0 Å². The molecule has 0 radical (unpaired) electrons. The number of nitrogens with one attached hydrogen (secondary N) is 2. The van der Waals surface area contributed by atoms with Crippen LogP contribution in [0.5, 0.6) is 0 Å². The predicted molar refractivity (Wildman–Crippen MR) is 132 cm³/mol. The van der Waals surface area contributed by atoms with Crippen molar-refractivity contribution in [1.29, 1.82) is 0 Å². The van der Waals surface area contributed by atoms with E-state index in [0.717, 1.165) is 36.3 Å². The summed E-state index contributed by atoms with van der Waals surface area (Å²) in [5.41, 5.74) is 2.14. The van der Waals surface area contributed by atoms with E-state index in [9.17, 15) is 14.7 Å². The van der Waals surface area contributed by atoms with Gasteiger partial charge in [0.1, 0.15) is 11.5 Å². The zero-order valence-electron chi connectivity index (χ0n) is 20.4. The highest BCUT2D eigenvalue weighted by atomic mass is 32.1. The van der Waals surface area contributed by atoms with E-state index in [0.29, 0.717) is 11.4 Å². The van der Waals surface area contributed by atoms with Gasteiger partial charge in [-0.1, -0.05) is 20.8 Å². The molecule has 3 N–H and O–H groups in total. The first kappa shape index (κ1) is 25.1. The molecule has 9 heteroatoms. The van der Waals surface area contributed by atoms with Gasteiger partial charge in [0.25, 0.3) is 11.8 Å². The first-order valence-electron chi connectivity index (χ1n) is 11.4. The molecule has 2 atom stereocenters. The molecule has 0 unspecified atom stereocenters. The van der Waals surface area contributed by atoms with Gasteiger partial charge in [-0.3, -0.25) is 9.59 Å². The summed E-state index contributed by atoms with van der Waals surface area (Å²) in [5, 5.41) is 15.6. The Morgan fingerprint density at radius 2 is 2.09 bits per heavy atom. The average molecular weight is 474 g/mol. The van der Waals surface area contributed by atoms with Crippen molar-refractivity contribution < 1.29 is 14.7 Å². The quantitative estimate of drug-likeness (QED) is 0.566. The molecule has 0 aliphatic carbocycles. The second kappa shape index (κ2) is 10.2. The molecule has 0 aromatic carbocycles. The number of aryl methyl sites for hydroxylation is 1. The number of carbonyl (C=O) groups is 2. The van der Waals surface area contributed by atoms with E-state index in [-0.39, 0.29) is 34.7 Å². The molecule has 0 spiro atoms. The molecule has 1 aliphatic heterocycles. The van der Waals surface area contributed by atoms with E-state index in [1.165, 1.54) is 11.3 Å². The number of thiazole rings is 1. The van der Waals surface area contributed by atoms with Crippen LogP contribution in [0.4, 0.5) is 5.82 Å². The highest BCUT2D eigenvalue weighted by molar-refractivity contribution is 7.17. The maximum atomic E-state index is 13.4. The van der Waals surface area contributed by atoms with Gasteiger partial charge >= 0.3 is 0 Å². The number of rotatable bonds is 7. The molecule has 3 rings (SSSR count). The normalized spacial score (nSPS) is 17.2. The van der Waals surface area contributed by atoms with Crippen molar-refractivity contribution in [2.24, 2.45) is 5.41 Å². The van der Waals surface area contributed by atoms with Crippen molar-refractivity contribution in [3.05, 3.63) is 28.5 Å². The highest BCUT2D eigenvalue weighted by Crippen LogP contribution is 2.35. The number of hydrogen-bond donors (Lipinski definition) is 3. The van der Waals surface area contributed by atoms with E-state index in [1.807, 2.05) is 24.8 Å². The molecule has 33 heavy (non-hydrogen) atoms. The number of aliphatic hydroxyl groups is 1. The minimum absolute atomic E-state index is 0.117. The smallest absolute Gasteiger partial charge is 0.280 e. The van der Waals surface area contributed by atoms with E-state index < -0.39 is 11.9 Å². The minimum atomic E-state index is -0.404. The number of hydrogen-bond acceptors (Lipinski definition) is 7. The summed E-state index contributed by atoms with van der Waals surface area (Å²) >= 11 is 1.19. The fourth-order valence-corrected chi connectivity index (χ4v) is 4.73. The van der Waals surface area contributed by atoms with Crippen molar-refractivity contribution in [1.82, 2.24) is 20.2 Å². The van der Waals surface area contributed by atoms with Crippen molar-refractivity contribution in [3.8, 4) is 10.4 Å². The summed E-state index contributed by atoms with van der Waals surface area (Å²) in [4.78, 5) is 37.6. The maximum Gasteiger partial charge on any atom is 0.280 e. The number of nitrogens with zero attached hydrogens (tertiary/aromatic N) is 3. The molecule has 8 nitrogen and oxygen atoms in total. The number of carbonyl (C=O) groups excluding carboxylic acids is 2. The standard InChI is InChI=1S/C24H35N5O3S/c1-14-10-18(26-13-24(4,5)6)25-11-17(14)20-19(23(32)29-9-7-8-16(29)3)28-22(33-20)21(31)27-15(2)12-30/h10-11,15-16,30H,7-9,12-13H2,1-6H3,(H,25,26)(H,27,31)/t15-,16-/m0/s1. The minimum Gasteiger partial charge on any atom is -0.394 e. The molecule has 0 bridgehead atoms. The second-order valence-electron chi connectivity index (χ2n) is 10.0. The molecule has 2 amide bonds. The Hall–Kier alpha value is -2.52. The van der Waals surface area contributed by atoms with E-state index in [2.05, 4.69) is 41.4 Å². The Balaban J connectivity index is 1.98. The predicted octanol–water partition coefficient (Wildman–Crippen LogP) is 3.71. The molecule has 3 heterocycles. The molecule has 2 aromatic heterocycles. The number of amides is 2. The third kappa shape index (κ3) is 6.09. The lowest BCUT2D eigenvalue weighted by molar-refractivity contribution is 0.0743. The second-order valence-corrected chi connectivity index (χ2v) is 11.0. The van der Waals surface area contributed by atoms with Gasteiger partial charge < -0.3 is 20.6 Å². The molecule has 2 aromatic rings. The van der Waals surface area contributed by atoms with Crippen LogP contribution in [0, 0.1) is 12.3 Å². The van der Waals surface area contributed by atoms with Crippen molar-refractivity contribution >= 4 is 29.0 Å². The molecular formula is C24H35N5O3S. The van der Waals surface area contributed by atoms with Crippen LogP contribution in [0.25, 0.3) is 10.4 Å². The van der Waals surface area contributed by atoms with Gasteiger partial charge in [0.05, 0.1) is 11.5 Å². The van der Waals surface area contributed by atoms with Crippen LogP contribution >= 0.6 is 11.3 Å². The summed E-state index contributed by atoms with van der Waals surface area (Å²) in [7, 11) is 0. The van der Waals surface area contributed by atoms with Crippen molar-refractivity contribution in [2.45, 2.75) is 66.5 Å². The van der Waals surface area contributed by atoms with Crippen LogP contribution < -0.4 is 10.6 Å². The van der Waals surface area contributed by atoms with Gasteiger partial charge in [-0.25, -0.2) is 9.97 Å². The van der Waals surface area contributed by atoms with Gasteiger partial charge in [-0.2, -0.15) is 0 Å². The van der Waals surface area contributed by atoms with E-state index >= 15 is 0 Å². The zero-order chi connectivity index (χ0) is 24.3. The lowest BCUT2D eigenvalue weighted by Gasteiger charge is -2.21. The molecule has 1 saturated heterocycles. The number of aromatic nitrogens is 2. The molecule has 1 fully saturated rings. The zero-order valence-corrected chi connectivity index (χ0v) is 21.2. The Bertz CT molecular complexity index is 1010. The van der Waals surface area contributed by atoms with Gasteiger partial charge in [0.15, 0.2) is 5.01 Å². The monoisotopic (exact) mass is 473 g/mol. The summed E-state index contributed by atoms with van der Waals surface area (Å²) in [6.07, 6.45) is 3.67. The fraction of sp³-hybridized carbons (Fsp3) is 0.583. The van der Waals surface area contributed by atoms with Crippen LogP contribution in [-0.4, -0.2) is 63.6 Å².